The first-order valence-corrected chi connectivity index (χ1v) is 9.58. The minimum Gasteiger partial charge on any atom is -0.394 e. The highest BCUT2D eigenvalue weighted by molar-refractivity contribution is 5.92. The van der Waals surface area contributed by atoms with Crippen LogP contribution in [0.3, 0.4) is 0 Å². The normalized spacial score (nSPS) is 15.3. The summed E-state index contributed by atoms with van der Waals surface area (Å²) in [6.45, 7) is -0.108. The quantitative estimate of drug-likeness (QED) is 0.578. The second kappa shape index (κ2) is 7.55. The van der Waals surface area contributed by atoms with Crippen molar-refractivity contribution < 1.29 is 23.1 Å². The molecule has 0 atom stereocenters. The molecule has 1 aliphatic carbocycles. The van der Waals surface area contributed by atoms with Gasteiger partial charge in [-0.25, -0.2) is 13.2 Å². The van der Waals surface area contributed by atoms with Gasteiger partial charge in [0.05, 0.1) is 17.7 Å². The number of benzene rings is 2. The van der Waals surface area contributed by atoms with Crippen LogP contribution in [0.15, 0.2) is 36.4 Å². The van der Waals surface area contributed by atoms with Gasteiger partial charge in [0.1, 0.15) is 17.5 Å². The Morgan fingerprint density at radius 1 is 1.10 bits per heavy atom. The first-order chi connectivity index (χ1) is 13.9. The molecule has 152 valence electrons. The number of carbonyl (C=O) groups excluding carboxylic acids is 1. The Bertz CT molecular complexity index is 1050. The number of nitrogens with one attached hydrogen (secondary N) is 2. The van der Waals surface area contributed by atoms with Crippen LogP contribution in [0, 0.1) is 17.5 Å². The summed E-state index contributed by atoms with van der Waals surface area (Å²) in [7, 11) is 0. The molecule has 1 heterocycles. The lowest BCUT2D eigenvalue weighted by molar-refractivity contribution is -0.125. The molecule has 7 heteroatoms. The monoisotopic (exact) mass is 402 g/mol. The summed E-state index contributed by atoms with van der Waals surface area (Å²) in [6, 6.07) is 7.70. The van der Waals surface area contributed by atoms with E-state index in [0.29, 0.717) is 22.2 Å². The van der Waals surface area contributed by atoms with Gasteiger partial charge in [0.25, 0.3) is 0 Å². The highest BCUT2D eigenvalue weighted by atomic mass is 19.1. The Kier molecular flexibility index (Phi) is 5.08. The molecule has 0 saturated heterocycles. The van der Waals surface area contributed by atoms with Gasteiger partial charge in [-0.3, -0.25) is 4.79 Å². The fourth-order valence-corrected chi connectivity index (χ4v) is 3.92. The molecule has 0 bridgehead atoms. The molecular formula is C22H21F3N2O2. The van der Waals surface area contributed by atoms with Crippen molar-refractivity contribution in [2.45, 2.75) is 37.6 Å². The maximum absolute atomic E-state index is 14.3. The van der Waals surface area contributed by atoms with Gasteiger partial charge in [-0.05, 0) is 67.1 Å². The second-order valence-electron chi connectivity index (χ2n) is 7.64. The van der Waals surface area contributed by atoms with E-state index in [0.717, 1.165) is 25.3 Å². The molecule has 0 aliphatic heterocycles. The van der Waals surface area contributed by atoms with Crippen LogP contribution in [0.5, 0.6) is 0 Å². The number of hydrogen-bond acceptors (Lipinski definition) is 2. The van der Waals surface area contributed by atoms with E-state index in [1.807, 2.05) is 0 Å². The fraction of sp³-hybridized carbons (Fsp3) is 0.318. The van der Waals surface area contributed by atoms with E-state index in [-0.39, 0.29) is 30.9 Å². The van der Waals surface area contributed by atoms with E-state index >= 15 is 0 Å². The lowest BCUT2D eigenvalue weighted by Crippen LogP contribution is -2.56. The zero-order valence-corrected chi connectivity index (χ0v) is 15.7. The van der Waals surface area contributed by atoms with Gasteiger partial charge in [-0.15, -0.1) is 0 Å². The highest BCUT2D eigenvalue weighted by Gasteiger charge is 2.37. The molecular weight excluding hydrogens is 381 g/mol. The molecule has 29 heavy (non-hydrogen) atoms. The van der Waals surface area contributed by atoms with Crippen LogP contribution in [-0.2, 0) is 11.2 Å². The molecule has 1 aromatic heterocycles. The zero-order chi connectivity index (χ0) is 20.6. The average Bonchev–Trinajstić information content (AvgIpc) is 3.02. The third-order valence-electron chi connectivity index (χ3n) is 5.68. The molecule has 4 rings (SSSR count). The molecule has 1 saturated carbocycles. The molecule has 0 unspecified atom stereocenters. The largest absolute Gasteiger partial charge is 0.394 e. The standard InChI is InChI=1S/C22H21F3N2O2/c23-14-4-2-13(3-5-14)20-16(17-10-15(24)11-18(25)21(17)26-20)6-7-19(29)27-22(12-28)8-1-9-22/h2-5,10-11,26,28H,1,6-9,12H2,(H,27,29). The van der Waals surface area contributed by atoms with Crippen LogP contribution in [0.4, 0.5) is 13.2 Å². The number of aromatic amines is 1. The summed E-state index contributed by atoms with van der Waals surface area (Å²) >= 11 is 0. The van der Waals surface area contributed by atoms with Crippen molar-refractivity contribution in [3.63, 3.8) is 0 Å². The van der Waals surface area contributed by atoms with E-state index < -0.39 is 23.0 Å². The number of aryl methyl sites for hydroxylation is 1. The van der Waals surface area contributed by atoms with Crippen molar-refractivity contribution in [1.82, 2.24) is 10.3 Å². The van der Waals surface area contributed by atoms with Crippen molar-refractivity contribution in [2.75, 3.05) is 6.61 Å². The maximum Gasteiger partial charge on any atom is 0.220 e. The van der Waals surface area contributed by atoms with Gasteiger partial charge >= 0.3 is 0 Å². The Labute approximate surface area is 165 Å². The number of H-pyrrole nitrogens is 1. The topological polar surface area (TPSA) is 65.1 Å². The summed E-state index contributed by atoms with van der Waals surface area (Å²) in [5.74, 6) is -2.07. The molecule has 2 aromatic carbocycles. The van der Waals surface area contributed by atoms with E-state index in [1.165, 1.54) is 18.2 Å². The SMILES string of the molecule is O=C(CCc1c(-c2ccc(F)cc2)[nH]c2c(F)cc(F)cc12)NC1(CO)CCC1. The fourth-order valence-electron chi connectivity index (χ4n) is 3.92. The summed E-state index contributed by atoms with van der Waals surface area (Å²) in [5.41, 5.74) is 1.33. The van der Waals surface area contributed by atoms with Gasteiger partial charge in [-0.1, -0.05) is 0 Å². The lowest BCUT2D eigenvalue weighted by Gasteiger charge is -2.41. The Morgan fingerprint density at radius 3 is 2.45 bits per heavy atom. The molecule has 0 radical (unpaired) electrons. The van der Waals surface area contributed by atoms with E-state index in [9.17, 15) is 23.1 Å². The molecule has 1 amide bonds. The number of halogens is 3. The lowest BCUT2D eigenvalue weighted by atomic mass is 9.77. The summed E-state index contributed by atoms with van der Waals surface area (Å²) in [6.07, 6.45) is 2.76. The zero-order valence-electron chi connectivity index (χ0n) is 15.7. The number of aromatic nitrogens is 1. The van der Waals surface area contributed by atoms with Gasteiger partial charge in [0, 0.05) is 23.6 Å². The number of carbonyl (C=O) groups is 1. The van der Waals surface area contributed by atoms with Crippen molar-refractivity contribution in [1.29, 1.82) is 0 Å². The van der Waals surface area contributed by atoms with E-state index in [4.69, 9.17) is 0 Å². The summed E-state index contributed by atoms with van der Waals surface area (Å²) in [4.78, 5) is 15.4. The molecule has 1 aliphatic rings. The second-order valence-corrected chi connectivity index (χ2v) is 7.64. The Balaban J connectivity index is 1.67. The van der Waals surface area contributed by atoms with Crippen molar-refractivity contribution in [3.05, 3.63) is 59.4 Å². The predicted molar refractivity (Wildman–Crippen MR) is 104 cm³/mol. The first kappa shape index (κ1) is 19.5. The van der Waals surface area contributed by atoms with Crippen LogP contribution >= 0.6 is 0 Å². The Morgan fingerprint density at radius 2 is 1.83 bits per heavy atom. The van der Waals surface area contributed by atoms with Crippen molar-refractivity contribution >= 4 is 16.8 Å². The third-order valence-corrected chi connectivity index (χ3v) is 5.68. The number of aliphatic hydroxyl groups excluding tert-OH is 1. The van der Waals surface area contributed by atoms with Gasteiger partial charge in [-0.2, -0.15) is 0 Å². The summed E-state index contributed by atoms with van der Waals surface area (Å²) < 4.78 is 41.5. The Hall–Kier alpha value is -2.80. The molecule has 3 aromatic rings. The van der Waals surface area contributed by atoms with Crippen LogP contribution in [-0.4, -0.2) is 28.1 Å². The van der Waals surface area contributed by atoms with Gasteiger partial charge < -0.3 is 15.4 Å². The van der Waals surface area contributed by atoms with Crippen LogP contribution in [0.1, 0.15) is 31.2 Å². The smallest absolute Gasteiger partial charge is 0.220 e. The van der Waals surface area contributed by atoms with E-state index in [1.54, 1.807) is 12.1 Å². The number of aliphatic hydroxyl groups is 1. The number of rotatable bonds is 6. The molecule has 0 spiro atoms. The third kappa shape index (κ3) is 3.74. The number of hydrogen-bond donors (Lipinski definition) is 3. The van der Waals surface area contributed by atoms with Crippen molar-refractivity contribution in [2.24, 2.45) is 0 Å². The van der Waals surface area contributed by atoms with E-state index in [2.05, 4.69) is 10.3 Å². The highest BCUT2D eigenvalue weighted by Crippen LogP contribution is 2.34. The van der Waals surface area contributed by atoms with Gasteiger partial charge in [0.15, 0.2) is 0 Å². The number of amides is 1. The molecule has 4 nitrogen and oxygen atoms in total. The molecule has 3 N–H and O–H groups in total. The van der Waals surface area contributed by atoms with Crippen molar-refractivity contribution in [3.8, 4) is 11.3 Å². The van der Waals surface area contributed by atoms with Crippen LogP contribution in [0.2, 0.25) is 0 Å². The van der Waals surface area contributed by atoms with Crippen LogP contribution in [0.25, 0.3) is 22.2 Å². The van der Waals surface area contributed by atoms with Gasteiger partial charge in [0.2, 0.25) is 5.91 Å². The minimum atomic E-state index is -0.729. The average molecular weight is 402 g/mol. The minimum absolute atomic E-state index is 0.0982. The van der Waals surface area contributed by atoms with Crippen LogP contribution < -0.4 is 5.32 Å². The predicted octanol–water partition coefficient (Wildman–Crippen LogP) is 4.22. The maximum atomic E-state index is 14.3. The summed E-state index contributed by atoms with van der Waals surface area (Å²) in [5, 5.41) is 12.8. The molecule has 1 fully saturated rings. The number of fused-ring (bicyclic) bond motifs is 1. The first-order valence-electron chi connectivity index (χ1n) is 9.58.